The van der Waals surface area contributed by atoms with E-state index in [9.17, 15) is 14.4 Å². The number of imide groups is 1. The number of para-hydroxylation sites is 1. The number of H-pyrrole nitrogens is 1. The second-order valence-corrected chi connectivity index (χ2v) is 7.43. The van der Waals surface area contributed by atoms with Crippen molar-refractivity contribution in [2.45, 2.75) is 19.4 Å². The van der Waals surface area contributed by atoms with Crippen LogP contribution in [-0.4, -0.2) is 40.3 Å². The van der Waals surface area contributed by atoms with Gasteiger partial charge in [-0.2, -0.15) is 0 Å². The molecule has 29 heavy (non-hydrogen) atoms. The number of carbonyl (C=O) groups excluding carboxylic acids is 3. The third-order valence-electron chi connectivity index (χ3n) is 4.91. The minimum Gasteiger partial charge on any atom is -0.361 e. The van der Waals surface area contributed by atoms with E-state index >= 15 is 0 Å². The van der Waals surface area contributed by atoms with Crippen LogP contribution in [0.3, 0.4) is 0 Å². The summed E-state index contributed by atoms with van der Waals surface area (Å²) in [6.07, 6.45) is 2.18. The number of aromatic amines is 1. The maximum Gasteiger partial charge on any atom is 0.325 e. The molecule has 0 aliphatic carbocycles. The predicted octanol–water partition coefficient (Wildman–Crippen LogP) is 3.23. The highest BCUT2D eigenvalue weighted by atomic mass is 35.5. The Hall–Kier alpha value is -3.32. The monoisotopic (exact) mass is 410 g/mol. The van der Waals surface area contributed by atoms with Crippen LogP contribution in [0.5, 0.6) is 0 Å². The van der Waals surface area contributed by atoms with Gasteiger partial charge in [-0.3, -0.25) is 14.5 Å². The molecule has 2 aromatic carbocycles. The number of amides is 4. The van der Waals surface area contributed by atoms with Crippen molar-refractivity contribution in [2.24, 2.45) is 0 Å². The molecule has 0 bridgehead atoms. The molecule has 1 aliphatic heterocycles. The molecule has 1 saturated heterocycles. The number of hydrogen-bond acceptors (Lipinski definition) is 3. The predicted molar refractivity (Wildman–Crippen MR) is 111 cm³/mol. The highest BCUT2D eigenvalue weighted by Gasteiger charge is 2.39. The Morgan fingerprint density at radius 3 is 2.79 bits per heavy atom. The Kier molecular flexibility index (Phi) is 4.98. The molecule has 1 aliphatic rings. The maximum atomic E-state index is 12.7. The molecule has 4 amide bonds. The van der Waals surface area contributed by atoms with Gasteiger partial charge in [0.05, 0.1) is 10.7 Å². The summed E-state index contributed by atoms with van der Waals surface area (Å²) in [6.45, 7) is 1.51. The van der Waals surface area contributed by atoms with E-state index in [1.54, 1.807) is 12.1 Å². The number of benzene rings is 2. The Bertz CT molecular complexity index is 1120. The molecule has 0 saturated carbocycles. The van der Waals surface area contributed by atoms with Crippen molar-refractivity contribution >= 4 is 46.0 Å². The third-order valence-corrected chi connectivity index (χ3v) is 5.22. The van der Waals surface area contributed by atoms with Crippen LogP contribution in [0.15, 0.2) is 48.7 Å². The van der Waals surface area contributed by atoms with Crippen molar-refractivity contribution in [2.75, 3.05) is 11.9 Å². The number of nitrogens with zero attached hydrogens (tertiary/aromatic N) is 1. The summed E-state index contributed by atoms with van der Waals surface area (Å²) in [5.41, 5.74) is 3.29. The fourth-order valence-corrected chi connectivity index (χ4v) is 3.72. The second kappa shape index (κ2) is 7.60. The second-order valence-electron chi connectivity index (χ2n) is 7.02. The van der Waals surface area contributed by atoms with Gasteiger partial charge in [-0.1, -0.05) is 35.9 Å². The summed E-state index contributed by atoms with van der Waals surface area (Å²) in [5.74, 6) is -0.919. The Morgan fingerprint density at radius 2 is 2.00 bits per heavy atom. The molecule has 1 atom stereocenters. The van der Waals surface area contributed by atoms with E-state index in [1.165, 1.54) is 0 Å². The summed E-state index contributed by atoms with van der Waals surface area (Å²) < 4.78 is 0. The minimum atomic E-state index is -0.711. The summed E-state index contributed by atoms with van der Waals surface area (Å²) in [5, 5.41) is 6.70. The first kappa shape index (κ1) is 19.0. The fraction of sp³-hybridized carbons (Fsp3) is 0.190. The van der Waals surface area contributed by atoms with E-state index in [1.807, 2.05) is 43.5 Å². The lowest BCUT2D eigenvalue weighted by Gasteiger charge is -2.14. The highest BCUT2D eigenvalue weighted by Crippen LogP contribution is 2.23. The van der Waals surface area contributed by atoms with E-state index in [0.29, 0.717) is 17.1 Å². The van der Waals surface area contributed by atoms with Gasteiger partial charge in [-0.15, -0.1) is 0 Å². The topological polar surface area (TPSA) is 94.3 Å². The lowest BCUT2D eigenvalue weighted by Crippen LogP contribution is -2.38. The van der Waals surface area contributed by atoms with E-state index in [0.717, 1.165) is 26.9 Å². The Morgan fingerprint density at radius 1 is 1.21 bits per heavy atom. The maximum absolute atomic E-state index is 12.7. The standard InChI is InChI=1S/C21H19ClN4O3/c1-12-6-7-17(15(22)8-12)24-19(27)11-26-20(28)18(25-21(26)29)9-13-10-23-16-5-3-2-4-14(13)16/h2-8,10,18,23H,9,11H2,1H3,(H,24,27)(H,25,29)/t18-/m1/s1. The molecule has 4 rings (SSSR count). The molecule has 8 heteroatoms. The largest absolute Gasteiger partial charge is 0.361 e. The quantitative estimate of drug-likeness (QED) is 0.563. The molecule has 3 N–H and O–H groups in total. The van der Waals surface area contributed by atoms with Gasteiger partial charge in [0.25, 0.3) is 5.91 Å². The van der Waals surface area contributed by atoms with E-state index in [-0.39, 0.29) is 6.54 Å². The zero-order valence-electron chi connectivity index (χ0n) is 15.7. The zero-order valence-corrected chi connectivity index (χ0v) is 16.4. The van der Waals surface area contributed by atoms with Crippen LogP contribution in [0.1, 0.15) is 11.1 Å². The smallest absolute Gasteiger partial charge is 0.325 e. The summed E-state index contributed by atoms with van der Waals surface area (Å²) in [7, 11) is 0. The van der Waals surface area contributed by atoms with Gasteiger partial charge in [0, 0.05) is 23.5 Å². The van der Waals surface area contributed by atoms with Crippen molar-refractivity contribution in [1.29, 1.82) is 0 Å². The SMILES string of the molecule is Cc1ccc(NC(=O)CN2C(=O)N[C@H](Cc3c[nH]c4ccccc34)C2=O)c(Cl)c1. The van der Waals surface area contributed by atoms with Crippen LogP contribution in [0.2, 0.25) is 5.02 Å². The van der Waals surface area contributed by atoms with Gasteiger partial charge in [0.2, 0.25) is 5.91 Å². The molecule has 0 unspecified atom stereocenters. The Balaban J connectivity index is 1.43. The van der Waals surface area contributed by atoms with Crippen molar-refractivity contribution < 1.29 is 14.4 Å². The van der Waals surface area contributed by atoms with Gasteiger partial charge >= 0.3 is 6.03 Å². The van der Waals surface area contributed by atoms with Crippen LogP contribution in [0, 0.1) is 6.92 Å². The van der Waals surface area contributed by atoms with Gasteiger partial charge in [-0.25, -0.2) is 4.79 Å². The molecule has 1 fully saturated rings. The molecular formula is C21H19ClN4O3. The Labute approximate surface area is 172 Å². The van der Waals surface area contributed by atoms with Crippen molar-refractivity contribution in [3.05, 3.63) is 64.8 Å². The number of fused-ring (bicyclic) bond motifs is 1. The van der Waals surface area contributed by atoms with E-state index in [4.69, 9.17) is 11.6 Å². The summed E-state index contributed by atoms with van der Waals surface area (Å²) >= 11 is 6.12. The van der Waals surface area contributed by atoms with Crippen LogP contribution in [0.25, 0.3) is 10.9 Å². The first-order valence-electron chi connectivity index (χ1n) is 9.15. The molecule has 148 valence electrons. The molecule has 1 aromatic heterocycles. The van der Waals surface area contributed by atoms with Gasteiger partial charge in [0.15, 0.2) is 0 Å². The van der Waals surface area contributed by atoms with Crippen molar-refractivity contribution in [1.82, 2.24) is 15.2 Å². The third kappa shape index (κ3) is 3.82. The lowest BCUT2D eigenvalue weighted by atomic mass is 10.1. The average Bonchev–Trinajstić information content (AvgIpc) is 3.21. The van der Waals surface area contributed by atoms with Crippen LogP contribution < -0.4 is 10.6 Å². The number of rotatable bonds is 5. The number of carbonyl (C=O) groups is 3. The van der Waals surface area contributed by atoms with Crippen LogP contribution >= 0.6 is 11.6 Å². The molecule has 0 spiro atoms. The van der Waals surface area contributed by atoms with Crippen LogP contribution in [-0.2, 0) is 16.0 Å². The highest BCUT2D eigenvalue weighted by molar-refractivity contribution is 6.33. The first-order valence-corrected chi connectivity index (χ1v) is 9.53. The molecule has 7 nitrogen and oxygen atoms in total. The number of anilines is 1. The normalized spacial score (nSPS) is 16.3. The van der Waals surface area contributed by atoms with Gasteiger partial charge in [0.1, 0.15) is 12.6 Å². The van der Waals surface area contributed by atoms with Crippen molar-refractivity contribution in [3.63, 3.8) is 0 Å². The summed E-state index contributed by atoms with van der Waals surface area (Å²) in [6, 6.07) is 11.7. The zero-order chi connectivity index (χ0) is 20.5. The van der Waals surface area contributed by atoms with Gasteiger partial charge in [-0.05, 0) is 36.2 Å². The molecule has 2 heterocycles. The number of halogens is 1. The number of aryl methyl sites for hydroxylation is 1. The molecular weight excluding hydrogens is 392 g/mol. The summed E-state index contributed by atoms with van der Waals surface area (Å²) in [4.78, 5) is 41.4. The first-order chi connectivity index (χ1) is 13.9. The molecule has 3 aromatic rings. The van der Waals surface area contributed by atoms with Gasteiger partial charge < -0.3 is 15.6 Å². The number of urea groups is 1. The van der Waals surface area contributed by atoms with E-state index < -0.39 is 23.9 Å². The molecule has 0 radical (unpaired) electrons. The van der Waals surface area contributed by atoms with Crippen molar-refractivity contribution in [3.8, 4) is 0 Å². The fourth-order valence-electron chi connectivity index (χ4n) is 3.44. The van der Waals surface area contributed by atoms with Crippen LogP contribution in [0.4, 0.5) is 10.5 Å². The average molecular weight is 411 g/mol. The number of hydrogen-bond donors (Lipinski definition) is 3. The minimum absolute atomic E-state index is 0.344. The number of nitrogens with one attached hydrogen (secondary N) is 3. The lowest BCUT2D eigenvalue weighted by molar-refractivity contribution is -0.130. The number of aromatic nitrogens is 1. The van der Waals surface area contributed by atoms with E-state index in [2.05, 4.69) is 15.6 Å².